The minimum absolute atomic E-state index is 0.00313. The van der Waals surface area contributed by atoms with Crippen LogP contribution >= 0.6 is 15.9 Å². The second-order valence-corrected chi connectivity index (χ2v) is 7.14. The SMILES string of the molecule is CCCCCCNC(=O)C[NH+](C)CC(=O)Nc1ccc(Br)cc1C. The van der Waals surface area contributed by atoms with Gasteiger partial charge in [-0.15, -0.1) is 0 Å². The third-order valence-corrected chi connectivity index (χ3v) is 4.23. The Labute approximate surface area is 153 Å². The lowest BCUT2D eigenvalue weighted by molar-refractivity contribution is -0.862. The quantitative estimate of drug-likeness (QED) is 0.527. The van der Waals surface area contributed by atoms with Gasteiger partial charge in [0.25, 0.3) is 11.8 Å². The van der Waals surface area contributed by atoms with Crippen molar-refractivity contribution in [3.05, 3.63) is 28.2 Å². The normalized spacial score (nSPS) is 11.8. The zero-order valence-corrected chi connectivity index (χ0v) is 16.5. The summed E-state index contributed by atoms with van der Waals surface area (Å²) in [6.45, 7) is 5.40. The fraction of sp³-hybridized carbons (Fsp3) is 0.556. The molecule has 1 atom stereocenters. The lowest BCUT2D eigenvalue weighted by atomic mass is 10.2. The van der Waals surface area contributed by atoms with Gasteiger partial charge in [-0.1, -0.05) is 42.1 Å². The number of quaternary nitrogens is 1. The number of aryl methyl sites for hydroxylation is 1. The van der Waals surface area contributed by atoms with Crippen LogP contribution in [0.4, 0.5) is 5.69 Å². The molecule has 0 heterocycles. The van der Waals surface area contributed by atoms with E-state index in [1.807, 2.05) is 32.2 Å². The van der Waals surface area contributed by atoms with E-state index in [9.17, 15) is 9.59 Å². The molecule has 0 radical (unpaired) electrons. The van der Waals surface area contributed by atoms with Crippen LogP contribution in [0.25, 0.3) is 0 Å². The van der Waals surface area contributed by atoms with Crippen molar-refractivity contribution >= 4 is 33.4 Å². The largest absolute Gasteiger partial charge is 0.351 e. The molecule has 0 aromatic heterocycles. The Kier molecular flexibility index (Phi) is 9.64. The summed E-state index contributed by atoms with van der Waals surface area (Å²) in [6.07, 6.45) is 4.56. The summed E-state index contributed by atoms with van der Waals surface area (Å²) < 4.78 is 0.983. The standard InChI is InChI=1S/C18H28BrN3O2/c1-4-5-6-7-10-20-17(23)12-22(3)13-18(24)21-16-9-8-15(19)11-14(16)2/h8-9,11H,4-7,10,12-13H2,1-3H3,(H,20,23)(H,21,24)/p+1. The molecule has 0 aliphatic heterocycles. The second-order valence-electron chi connectivity index (χ2n) is 6.23. The smallest absolute Gasteiger partial charge is 0.279 e. The van der Waals surface area contributed by atoms with Crippen LogP contribution in [0.5, 0.6) is 0 Å². The van der Waals surface area contributed by atoms with Crippen LogP contribution < -0.4 is 15.5 Å². The predicted octanol–water partition coefficient (Wildman–Crippen LogP) is 1.91. The molecule has 24 heavy (non-hydrogen) atoms. The third kappa shape index (κ3) is 8.45. The summed E-state index contributed by atoms with van der Waals surface area (Å²) in [5, 5.41) is 5.81. The van der Waals surface area contributed by atoms with Crippen molar-refractivity contribution in [2.75, 3.05) is 32.0 Å². The van der Waals surface area contributed by atoms with Crippen molar-refractivity contribution in [2.45, 2.75) is 39.5 Å². The molecular formula is C18H29BrN3O2+. The van der Waals surface area contributed by atoms with Crippen molar-refractivity contribution in [2.24, 2.45) is 0 Å². The number of benzene rings is 1. The lowest BCUT2D eigenvalue weighted by Gasteiger charge is -2.14. The molecule has 6 heteroatoms. The van der Waals surface area contributed by atoms with Crippen LogP contribution in [0.15, 0.2) is 22.7 Å². The maximum Gasteiger partial charge on any atom is 0.279 e. The van der Waals surface area contributed by atoms with Gasteiger partial charge in [-0.25, -0.2) is 0 Å². The number of carbonyl (C=O) groups excluding carboxylic acids is 2. The molecular weight excluding hydrogens is 370 g/mol. The summed E-state index contributed by atoms with van der Waals surface area (Å²) in [5.41, 5.74) is 1.80. The Morgan fingerprint density at radius 2 is 1.83 bits per heavy atom. The molecule has 0 saturated heterocycles. The molecule has 1 unspecified atom stereocenters. The van der Waals surface area contributed by atoms with E-state index in [0.717, 1.165) is 40.0 Å². The highest BCUT2D eigenvalue weighted by molar-refractivity contribution is 9.10. The Balaban J connectivity index is 2.29. The molecule has 2 amide bonds. The van der Waals surface area contributed by atoms with Crippen molar-refractivity contribution in [1.29, 1.82) is 0 Å². The topological polar surface area (TPSA) is 62.6 Å². The second kappa shape index (κ2) is 11.2. The predicted molar refractivity (Wildman–Crippen MR) is 101 cm³/mol. The third-order valence-electron chi connectivity index (χ3n) is 3.74. The Morgan fingerprint density at radius 3 is 2.50 bits per heavy atom. The number of rotatable bonds is 10. The molecule has 0 spiro atoms. The molecule has 0 aliphatic rings. The molecule has 0 aliphatic carbocycles. The molecule has 134 valence electrons. The Bertz CT molecular complexity index is 549. The highest BCUT2D eigenvalue weighted by Gasteiger charge is 2.14. The van der Waals surface area contributed by atoms with E-state index in [1.54, 1.807) is 0 Å². The van der Waals surface area contributed by atoms with Crippen molar-refractivity contribution < 1.29 is 14.5 Å². The summed E-state index contributed by atoms with van der Waals surface area (Å²) in [5.74, 6) is -0.0923. The zero-order chi connectivity index (χ0) is 17.9. The van der Waals surface area contributed by atoms with E-state index >= 15 is 0 Å². The Morgan fingerprint density at radius 1 is 1.12 bits per heavy atom. The number of likely N-dealkylation sites (N-methyl/N-ethyl adjacent to an activating group) is 1. The molecule has 1 rings (SSSR count). The molecule has 5 nitrogen and oxygen atoms in total. The number of hydrogen-bond donors (Lipinski definition) is 3. The van der Waals surface area contributed by atoms with E-state index in [0.29, 0.717) is 6.54 Å². The first kappa shape index (κ1) is 20.6. The van der Waals surface area contributed by atoms with Crippen molar-refractivity contribution in [1.82, 2.24) is 5.32 Å². The number of anilines is 1. The minimum Gasteiger partial charge on any atom is -0.351 e. The molecule has 0 fully saturated rings. The summed E-state index contributed by atoms with van der Waals surface area (Å²) in [4.78, 5) is 24.8. The van der Waals surface area contributed by atoms with Crippen LogP contribution in [0.2, 0.25) is 0 Å². The van der Waals surface area contributed by atoms with Gasteiger partial charge < -0.3 is 15.5 Å². The first-order valence-corrected chi connectivity index (χ1v) is 9.35. The fourth-order valence-electron chi connectivity index (χ4n) is 2.41. The van der Waals surface area contributed by atoms with Gasteiger partial charge in [0, 0.05) is 16.7 Å². The molecule has 1 aromatic carbocycles. The van der Waals surface area contributed by atoms with Gasteiger partial charge in [0.05, 0.1) is 7.05 Å². The van der Waals surface area contributed by atoms with Crippen molar-refractivity contribution in [3.63, 3.8) is 0 Å². The molecule has 3 N–H and O–H groups in total. The van der Waals surface area contributed by atoms with Gasteiger partial charge >= 0.3 is 0 Å². The maximum atomic E-state index is 12.1. The molecule has 0 bridgehead atoms. The molecule has 1 aromatic rings. The van der Waals surface area contributed by atoms with Gasteiger partial charge in [-0.2, -0.15) is 0 Å². The zero-order valence-electron chi connectivity index (χ0n) is 14.9. The van der Waals surface area contributed by atoms with Gasteiger partial charge in [-0.05, 0) is 37.1 Å². The lowest BCUT2D eigenvalue weighted by Crippen LogP contribution is -3.11. The highest BCUT2D eigenvalue weighted by Crippen LogP contribution is 2.19. The number of halogens is 1. The average molecular weight is 399 g/mol. The minimum atomic E-state index is -0.0892. The number of nitrogens with one attached hydrogen (secondary N) is 3. The maximum absolute atomic E-state index is 12.1. The summed E-state index contributed by atoms with van der Waals surface area (Å²) in [6, 6.07) is 5.72. The number of unbranched alkanes of at least 4 members (excludes halogenated alkanes) is 3. The molecule has 0 saturated carbocycles. The van der Waals surface area contributed by atoms with Crippen LogP contribution in [-0.2, 0) is 9.59 Å². The van der Waals surface area contributed by atoms with Crippen LogP contribution in [0.1, 0.15) is 38.2 Å². The number of hydrogen-bond acceptors (Lipinski definition) is 2. The van der Waals surface area contributed by atoms with Gasteiger partial charge in [-0.3, -0.25) is 9.59 Å². The fourth-order valence-corrected chi connectivity index (χ4v) is 2.89. The monoisotopic (exact) mass is 398 g/mol. The first-order chi connectivity index (χ1) is 11.4. The van der Waals surface area contributed by atoms with Crippen LogP contribution in [0.3, 0.4) is 0 Å². The number of amides is 2. The van der Waals surface area contributed by atoms with E-state index < -0.39 is 0 Å². The highest BCUT2D eigenvalue weighted by atomic mass is 79.9. The number of carbonyl (C=O) groups is 2. The van der Waals surface area contributed by atoms with Gasteiger partial charge in [0.2, 0.25) is 0 Å². The first-order valence-electron chi connectivity index (χ1n) is 8.56. The Hall–Kier alpha value is -1.40. The van der Waals surface area contributed by atoms with Crippen LogP contribution in [-0.4, -0.2) is 38.5 Å². The summed E-state index contributed by atoms with van der Waals surface area (Å²) in [7, 11) is 1.85. The van der Waals surface area contributed by atoms with E-state index in [2.05, 4.69) is 33.5 Å². The van der Waals surface area contributed by atoms with E-state index in [4.69, 9.17) is 0 Å². The summed E-state index contributed by atoms with van der Waals surface area (Å²) >= 11 is 3.40. The van der Waals surface area contributed by atoms with E-state index in [1.165, 1.54) is 12.8 Å². The van der Waals surface area contributed by atoms with E-state index in [-0.39, 0.29) is 18.4 Å². The van der Waals surface area contributed by atoms with Crippen LogP contribution in [0, 0.1) is 6.92 Å². The van der Waals surface area contributed by atoms with Crippen molar-refractivity contribution in [3.8, 4) is 0 Å². The van der Waals surface area contributed by atoms with Gasteiger partial charge in [0.15, 0.2) is 13.1 Å². The van der Waals surface area contributed by atoms with Gasteiger partial charge in [0.1, 0.15) is 0 Å². The average Bonchev–Trinajstić information content (AvgIpc) is 2.49.